The summed E-state index contributed by atoms with van der Waals surface area (Å²) in [5.41, 5.74) is 1.68. The third-order valence-electron chi connectivity index (χ3n) is 2.91. The highest BCUT2D eigenvalue weighted by atomic mass is 32.1. The smallest absolute Gasteiger partial charge is 0.308 e. The van der Waals surface area contributed by atoms with Gasteiger partial charge in [-0.2, -0.15) is 0 Å². The molecule has 0 spiro atoms. The second-order valence-electron chi connectivity index (χ2n) is 4.70. The van der Waals surface area contributed by atoms with Gasteiger partial charge in [-0.05, 0) is 30.7 Å². The molecule has 0 saturated heterocycles. The van der Waals surface area contributed by atoms with Gasteiger partial charge in [-0.3, -0.25) is 5.32 Å². The summed E-state index contributed by atoms with van der Waals surface area (Å²) < 4.78 is 27.0. The lowest BCUT2D eigenvalue weighted by Gasteiger charge is -2.05. The Balaban J connectivity index is 1.78. The van der Waals surface area contributed by atoms with Gasteiger partial charge in [0.2, 0.25) is 0 Å². The van der Waals surface area contributed by atoms with Gasteiger partial charge in [0.1, 0.15) is 11.3 Å². The molecule has 2 N–H and O–H groups in total. The van der Waals surface area contributed by atoms with Gasteiger partial charge in [-0.1, -0.05) is 23.5 Å². The Bertz CT molecular complexity index is 863. The molecule has 0 aliphatic rings. The van der Waals surface area contributed by atoms with Crippen molar-refractivity contribution in [2.45, 2.75) is 6.92 Å². The second-order valence-corrected chi connectivity index (χ2v) is 5.73. The number of aromatic nitrogens is 1. The molecule has 0 unspecified atom stereocenters. The Hall–Kier alpha value is -2.54. The van der Waals surface area contributed by atoms with Gasteiger partial charge < -0.3 is 5.32 Å². The van der Waals surface area contributed by atoms with E-state index in [4.69, 9.17) is 0 Å². The van der Waals surface area contributed by atoms with Gasteiger partial charge in [0.25, 0.3) is 0 Å². The fourth-order valence-corrected chi connectivity index (χ4v) is 2.89. The molecule has 22 heavy (non-hydrogen) atoms. The number of halogens is 2. The maximum Gasteiger partial charge on any atom is 0.325 e. The Morgan fingerprint density at radius 3 is 2.77 bits per heavy atom. The molecule has 1 heterocycles. The predicted molar refractivity (Wildman–Crippen MR) is 83.4 cm³/mol. The first-order chi connectivity index (χ1) is 10.5. The van der Waals surface area contributed by atoms with Crippen LogP contribution in [-0.4, -0.2) is 11.0 Å². The molecule has 0 aliphatic heterocycles. The number of carbonyl (C=O) groups excluding carboxylic acids is 1. The SMILES string of the molecule is Cc1cccc(NC(=O)Nc2nc3c(F)cc(F)cc3s2)c1. The maximum atomic E-state index is 13.6. The van der Waals surface area contributed by atoms with Gasteiger partial charge in [-0.15, -0.1) is 0 Å². The molecule has 2 amide bonds. The quantitative estimate of drug-likeness (QED) is 0.729. The highest BCUT2D eigenvalue weighted by Gasteiger charge is 2.12. The molecular weight excluding hydrogens is 308 g/mol. The minimum Gasteiger partial charge on any atom is -0.308 e. The van der Waals surface area contributed by atoms with E-state index in [1.807, 2.05) is 25.1 Å². The van der Waals surface area contributed by atoms with Crippen molar-refractivity contribution in [2.24, 2.45) is 0 Å². The lowest BCUT2D eigenvalue weighted by Crippen LogP contribution is -2.19. The molecule has 2 aromatic carbocycles. The standard InChI is InChI=1S/C15H11F2N3OS/c1-8-3-2-4-10(5-8)18-14(21)20-15-19-13-11(17)6-9(16)7-12(13)22-15/h2-7H,1H3,(H2,18,19,20,21). The number of nitrogens with one attached hydrogen (secondary N) is 2. The molecule has 0 radical (unpaired) electrons. The first-order valence-electron chi connectivity index (χ1n) is 6.41. The average Bonchev–Trinajstić information content (AvgIpc) is 2.81. The Morgan fingerprint density at radius 1 is 1.18 bits per heavy atom. The number of aryl methyl sites for hydroxylation is 1. The fraction of sp³-hybridized carbons (Fsp3) is 0.0667. The van der Waals surface area contributed by atoms with Crippen molar-refractivity contribution in [1.29, 1.82) is 0 Å². The van der Waals surface area contributed by atoms with Gasteiger partial charge in [-0.25, -0.2) is 18.6 Å². The summed E-state index contributed by atoms with van der Waals surface area (Å²) in [6, 6.07) is 8.74. The van der Waals surface area contributed by atoms with Crippen LogP contribution in [0.5, 0.6) is 0 Å². The molecule has 112 valence electrons. The van der Waals surface area contributed by atoms with E-state index >= 15 is 0 Å². The van der Waals surface area contributed by atoms with Crippen molar-refractivity contribution in [3.63, 3.8) is 0 Å². The van der Waals surface area contributed by atoms with E-state index in [0.29, 0.717) is 10.4 Å². The van der Waals surface area contributed by atoms with Crippen molar-refractivity contribution in [1.82, 2.24) is 4.98 Å². The van der Waals surface area contributed by atoms with Crippen LogP contribution in [0.1, 0.15) is 5.56 Å². The monoisotopic (exact) mass is 319 g/mol. The van der Waals surface area contributed by atoms with Crippen LogP contribution >= 0.6 is 11.3 Å². The normalized spacial score (nSPS) is 10.7. The Kier molecular flexibility index (Phi) is 3.72. The molecule has 0 bridgehead atoms. The maximum absolute atomic E-state index is 13.6. The Morgan fingerprint density at radius 2 is 2.00 bits per heavy atom. The van der Waals surface area contributed by atoms with E-state index in [-0.39, 0.29) is 10.6 Å². The summed E-state index contributed by atoms with van der Waals surface area (Å²) in [6.45, 7) is 1.91. The average molecular weight is 319 g/mol. The number of amides is 2. The van der Waals surface area contributed by atoms with Crippen molar-refractivity contribution >= 4 is 38.4 Å². The topological polar surface area (TPSA) is 54.0 Å². The summed E-state index contributed by atoms with van der Waals surface area (Å²) in [6.07, 6.45) is 0. The molecule has 1 aromatic heterocycles. The number of thiazole rings is 1. The van der Waals surface area contributed by atoms with Gasteiger partial charge in [0.15, 0.2) is 10.9 Å². The van der Waals surface area contributed by atoms with Crippen molar-refractivity contribution in [2.75, 3.05) is 10.6 Å². The van der Waals surface area contributed by atoms with Crippen LogP contribution in [0.3, 0.4) is 0 Å². The zero-order valence-corrected chi connectivity index (χ0v) is 12.3. The van der Waals surface area contributed by atoms with Crippen LogP contribution in [0.2, 0.25) is 0 Å². The summed E-state index contributed by atoms with van der Waals surface area (Å²) in [5, 5.41) is 5.36. The van der Waals surface area contributed by atoms with Crippen LogP contribution < -0.4 is 10.6 Å². The number of carbonyl (C=O) groups is 1. The van der Waals surface area contributed by atoms with E-state index in [0.717, 1.165) is 23.0 Å². The fourth-order valence-electron chi connectivity index (χ4n) is 1.99. The number of urea groups is 1. The lowest BCUT2D eigenvalue weighted by molar-refractivity contribution is 0.262. The minimum atomic E-state index is -0.751. The minimum absolute atomic E-state index is 0.0391. The number of fused-ring (bicyclic) bond motifs is 1. The zero-order valence-electron chi connectivity index (χ0n) is 11.5. The summed E-state index contributed by atoms with van der Waals surface area (Å²) in [5.74, 6) is -1.43. The number of hydrogen-bond acceptors (Lipinski definition) is 3. The highest BCUT2D eigenvalue weighted by molar-refractivity contribution is 7.22. The van der Waals surface area contributed by atoms with Crippen LogP contribution in [0.25, 0.3) is 10.2 Å². The van der Waals surface area contributed by atoms with Gasteiger partial charge in [0.05, 0.1) is 4.70 Å². The van der Waals surface area contributed by atoms with E-state index in [2.05, 4.69) is 15.6 Å². The molecule has 7 heteroatoms. The lowest BCUT2D eigenvalue weighted by atomic mass is 10.2. The third kappa shape index (κ3) is 3.04. The number of anilines is 2. The Labute approximate surface area is 128 Å². The van der Waals surface area contributed by atoms with Crippen LogP contribution in [0.15, 0.2) is 36.4 Å². The molecule has 3 aromatic rings. The molecule has 0 atom stereocenters. The third-order valence-corrected chi connectivity index (χ3v) is 3.83. The van der Waals surface area contributed by atoms with Crippen LogP contribution in [0.4, 0.5) is 24.4 Å². The van der Waals surface area contributed by atoms with Crippen LogP contribution in [0, 0.1) is 18.6 Å². The largest absolute Gasteiger partial charge is 0.325 e. The first kappa shape index (κ1) is 14.4. The number of benzene rings is 2. The molecular formula is C15H11F2N3OS. The van der Waals surface area contributed by atoms with Crippen molar-refractivity contribution in [3.8, 4) is 0 Å². The second kappa shape index (κ2) is 5.69. The highest BCUT2D eigenvalue weighted by Crippen LogP contribution is 2.28. The predicted octanol–water partition coefficient (Wildman–Crippen LogP) is 4.53. The summed E-state index contributed by atoms with van der Waals surface area (Å²) in [4.78, 5) is 15.9. The van der Waals surface area contributed by atoms with Crippen molar-refractivity contribution in [3.05, 3.63) is 53.6 Å². The number of nitrogens with zero attached hydrogens (tertiary/aromatic N) is 1. The van der Waals surface area contributed by atoms with E-state index < -0.39 is 17.7 Å². The molecule has 0 fully saturated rings. The zero-order chi connectivity index (χ0) is 15.7. The van der Waals surface area contributed by atoms with E-state index in [9.17, 15) is 13.6 Å². The number of rotatable bonds is 2. The molecule has 3 rings (SSSR count). The first-order valence-corrected chi connectivity index (χ1v) is 7.23. The van der Waals surface area contributed by atoms with E-state index in [1.54, 1.807) is 6.07 Å². The van der Waals surface area contributed by atoms with Crippen molar-refractivity contribution < 1.29 is 13.6 Å². The van der Waals surface area contributed by atoms with Crippen LogP contribution in [-0.2, 0) is 0 Å². The van der Waals surface area contributed by atoms with Gasteiger partial charge in [0, 0.05) is 11.8 Å². The summed E-state index contributed by atoms with van der Waals surface area (Å²) in [7, 11) is 0. The number of hydrogen-bond donors (Lipinski definition) is 2. The summed E-state index contributed by atoms with van der Waals surface area (Å²) >= 11 is 1.00. The molecule has 4 nitrogen and oxygen atoms in total. The van der Waals surface area contributed by atoms with E-state index in [1.165, 1.54) is 6.07 Å². The molecule has 0 aliphatic carbocycles. The van der Waals surface area contributed by atoms with Gasteiger partial charge >= 0.3 is 6.03 Å². The molecule has 0 saturated carbocycles.